The second-order valence-corrected chi connectivity index (χ2v) is 8.43. The predicted molar refractivity (Wildman–Crippen MR) is 111 cm³/mol. The van der Waals surface area contributed by atoms with Crippen LogP contribution in [0.2, 0.25) is 5.02 Å². The lowest BCUT2D eigenvalue weighted by atomic mass is 10.0. The van der Waals surface area contributed by atoms with Gasteiger partial charge in [-0.15, -0.1) is 0 Å². The number of aliphatic hydroxyl groups is 1. The highest BCUT2D eigenvalue weighted by Crippen LogP contribution is 2.40. The van der Waals surface area contributed by atoms with E-state index in [4.69, 9.17) is 11.6 Å². The monoisotopic (exact) mass is 478 g/mol. The van der Waals surface area contributed by atoms with Crippen LogP contribution in [0, 0.1) is 11.3 Å². The molecule has 1 aromatic carbocycles. The fourth-order valence-corrected chi connectivity index (χ4v) is 4.01. The Morgan fingerprint density at radius 1 is 1.33 bits per heavy atom. The van der Waals surface area contributed by atoms with Crippen molar-refractivity contribution in [2.24, 2.45) is 0 Å². The molecule has 0 saturated carbocycles. The van der Waals surface area contributed by atoms with E-state index in [0.29, 0.717) is 23.3 Å². The fraction of sp³-hybridized carbons (Fsp3) is 0.333. The number of aromatic nitrogens is 4. The number of carbonyl (C=O) groups excluding carboxylic acids is 1. The van der Waals surface area contributed by atoms with Gasteiger partial charge in [-0.1, -0.05) is 11.6 Å². The smallest absolute Gasteiger partial charge is 0.374 e. The number of hydrogen-bond donors (Lipinski definition) is 1. The summed E-state index contributed by atoms with van der Waals surface area (Å²) in [6, 6.07) is 5.99. The molecule has 1 unspecified atom stereocenters. The van der Waals surface area contributed by atoms with Crippen LogP contribution in [-0.4, -0.2) is 48.0 Å². The van der Waals surface area contributed by atoms with Crippen molar-refractivity contribution < 1.29 is 23.1 Å². The summed E-state index contributed by atoms with van der Waals surface area (Å²) >= 11 is 5.92. The zero-order valence-corrected chi connectivity index (χ0v) is 18.3. The molecule has 12 heteroatoms. The first-order chi connectivity index (χ1) is 15.4. The van der Waals surface area contributed by atoms with E-state index in [1.807, 2.05) is 6.07 Å². The van der Waals surface area contributed by atoms with Gasteiger partial charge in [-0.3, -0.25) is 4.79 Å². The summed E-state index contributed by atoms with van der Waals surface area (Å²) in [6.07, 6.45) is -0.767. The van der Waals surface area contributed by atoms with Crippen molar-refractivity contribution in [1.82, 2.24) is 24.2 Å². The van der Waals surface area contributed by atoms with Crippen LogP contribution in [0.4, 0.5) is 13.2 Å². The van der Waals surface area contributed by atoms with E-state index in [-0.39, 0.29) is 30.1 Å². The minimum absolute atomic E-state index is 0.00699. The minimum Gasteiger partial charge on any atom is -0.374 e. The van der Waals surface area contributed by atoms with E-state index in [9.17, 15) is 28.3 Å². The summed E-state index contributed by atoms with van der Waals surface area (Å²) in [5.41, 5.74) is -1.82. The Morgan fingerprint density at radius 2 is 2.06 bits per heavy atom. The lowest BCUT2D eigenvalue weighted by Gasteiger charge is -2.36. The third kappa shape index (κ3) is 3.85. The van der Waals surface area contributed by atoms with Gasteiger partial charge in [0.25, 0.3) is 5.91 Å². The largest absolute Gasteiger partial charge is 0.424 e. The molecule has 1 aliphatic heterocycles. The van der Waals surface area contributed by atoms with E-state index in [1.165, 1.54) is 50.9 Å². The molecular formula is C21H18ClF3N6O2. The highest BCUT2D eigenvalue weighted by molar-refractivity contribution is 6.30. The van der Waals surface area contributed by atoms with Gasteiger partial charge in [-0.25, -0.2) is 9.67 Å². The Kier molecular flexibility index (Phi) is 5.46. The van der Waals surface area contributed by atoms with E-state index >= 15 is 0 Å². The van der Waals surface area contributed by atoms with Crippen LogP contribution in [0.1, 0.15) is 47.3 Å². The van der Waals surface area contributed by atoms with E-state index in [0.717, 1.165) is 0 Å². The second-order valence-electron chi connectivity index (χ2n) is 7.99. The quantitative estimate of drug-likeness (QED) is 0.620. The molecule has 0 saturated heterocycles. The molecule has 0 spiro atoms. The Balaban J connectivity index is 1.66. The van der Waals surface area contributed by atoms with Gasteiger partial charge in [-0.05, 0) is 32.0 Å². The normalized spacial score (nSPS) is 17.9. The van der Waals surface area contributed by atoms with Crippen LogP contribution >= 0.6 is 11.6 Å². The first-order valence-corrected chi connectivity index (χ1v) is 10.2. The zero-order valence-electron chi connectivity index (χ0n) is 17.5. The predicted octanol–water partition coefficient (Wildman–Crippen LogP) is 3.58. The number of nitriles is 1. The van der Waals surface area contributed by atoms with Crippen molar-refractivity contribution >= 4 is 17.5 Å². The van der Waals surface area contributed by atoms with Gasteiger partial charge in [0, 0.05) is 18.3 Å². The van der Waals surface area contributed by atoms with Crippen LogP contribution in [0.3, 0.4) is 0 Å². The van der Waals surface area contributed by atoms with E-state index < -0.39 is 23.6 Å². The van der Waals surface area contributed by atoms with Crippen molar-refractivity contribution in [3.63, 3.8) is 0 Å². The summed E-state index contributed by atoms with van der Waals surface area (Å²) in [5.74, 6) is -0.886. The maximum Gasteiger partial charge on any atom is 0.424 e. The first-order valence-electron chi connectivity index (χ1n) is 9.83. The number of benzene rings is 1. The van der Waals surface area contributed by atoms with Gasteiger partial charge in [0.1, 0.15) is 6.07 Å². The molecule has 1 amide bonds. The topological polar surface area (TPSA) is 100.0 Å². The van der Waals surface area contributed by atoms with Crippen LogP contribution in [0.5, 0.6) is 0 Å². The number of fused-ring (bicyclic) bond motifs is 1. The Labute approximate surface area is 191 Å². The van der Waals surface area contributed by atoms with Gasteiger partial charge in [0.2, 0.25) is 5.60 Å². The van der Waals surface area contributed by atoms with Crippen LogP contribution in [0.15, 0.2) is 36.8 Å². The molecular weight excluding hydrogens is 461 g/mol. The van der Waals surface area contributed by atoms with Crippen molar-refractivity contribution in [3.05, 3.63) is 64.5 Å². The fourth-order valence-electron chi connectivity index (χ4n) is 3.87. The van der Waals surface area contributed by atoms with Crippen LogP contribution < -0.4 is 0 Å². The number of alkyl halides is 3. The minimum atomic E-state index is -4.91. The average molecular weight is 479 g/mol. The molecule has 3 aromatic rings. The molecule has 3 heterocycles. The third-order valence-electron chi connectivity index (χ3n) is 5.59. The van der Waals surface area contributed by atoms with Crippen LogP contribution in [-0.2, 0) is 12.1 Å². The molecule has 8 nitrogen and oxygen atoms in total. The zero-order chi connectivity index (χ0) is 24.1. The summed E-state index contributed by atoms with van der Waals surface area (Å²) < 4.78 is 42.8. The molecule has 0 bridgehead atoms. The Morgan fingerprint density at radius 3 is 2.67 bits per heavy atom. The Hall–Kier alpha value is -3.36. The van der Waals surface area contributed by atoms with Gasteiger partial charge < -0.3 is 14.6 Å². The van der Waals surface area contributed by atoms with Gasteiger partial charge in [0.15, 0.2) is 5.82 Å². The average Bonchev–Trinajstić information content (AvgIpc) is 3.38. The molecule has 172 valence electrons. The number of rotatable bonds is 3. The Bertz CT molecular complexity index is 1270. The molecule has 1 aliphatic rings. The van der Waals surface area contributed by atoms with E-state index in [2.05, 4.69) is 10.1 Å². The number of halogens is 4. The summed E-state index contributed by atoms with van der Waals surface area (Å²) in [4.78, 5) is 18.5. The van der Waals surface area contributed by atoms with Crippen molar-refractivity contribution in [2.75, 3.05) is 6.54 Å². The number of imidazole rings is 1. The summed E-state index contributed by atoms with van der Waals surface area (Å²) in [5, 5.41) is 23.9. The molecule has 1 N–H and O–H groups in total. The molecule has 0 radical (unpaired) electrons. The first kappa shape index (κ1) is 22.8. The number of amides is 1. The molecule has 4 rings (SSSR count). The number of hydrogen-bond acceptors (Lipinski definition) is 5. The van der Waals surface area contributed by atoms with Gasteiger partial charge in [-0.2, -0.15) is 23.5 Å². The number of carbonyl (C=O) groups is 1. The highest BCUT2D eigenvalue weighted by atomic mass is 35.5. The second kappa shape index (κ2) is 7.90. The summed E-state index contributed by atoms with van der Waals surface area (Å²) in [7, 11) is 0. The standard InChI is InChI=1S/C21H18ClF3N6O2/c1-12-9-29(11-16-8-27-19(31(12)16)20(2,33)21(23,24)25)18(32)13-3-4-14(6-26)17(5-13)30-10-15(22)7-28-30/h3-5,7-8,10,12,33H,9,11H2,1-2H3/t12-,20?/m0/s1. The third-order valence-corrected chi connectivity index (χ3v) is 5.78. The highest BCUT2D eigenvalue weighted by Gasteiger charge is 2.55. The van der Waals surface area contributed by atoms with Crippen molar-refractivity contribution in [1.29, 1.82) is 5.26 Å². The lowest BCUT2D eigenvalue weighted by Crippen LogP contribution is -2.45. The molecule has 2 aromatic heterocycles. The SMILES string of the molecule is C[C@H]1CN(C(=O)c2ccc(C#N)c(-n3cc(Cl)cn3)c2)Cc2cnc(C(C)(O)C(F)(F)F)n21. The summed E-state index contributed by atoms with van der Waals surface area (Å²) in [6.45, 7) is 2.42. The molecule has 33 heavy (non-hydrogen) atoms. The molecule has 0 aliphatic carbocycles. The number of nitrogens with zero attached hydrogens (tertiary/aromatic N) is 6. The van der Waals surface area contributed by atoms with Gasteiger partial charge >= 0.3 is 6.18 Å². The van der Waals surface area contributed by atoms with Gasteiger partial charge in [0.05, 0.1) is 46.9 Å². The van der Waals surface area contributed by atoms with Crippen molar-refractivity contribution in [2.45, 2.75) is 38.2 Å². The molecule has 2 atom stereocenters. The van der Waals surface area contributed by atoms with E-state index in [1.54, 1.807) is 6.92 Å². The maximum atomic E-state index is 13.4. The maximum absolute atomic E-state index is 13.4. The van der Waals surface area contributed by atoms with Crippen molar-refractivity contribution in [3.8, 4) is 11.8 Å². The lowest BCUT2D eigenvalue weighted by molar-refractivity contribution is -0.263. The van der Waals surface area contributed by atoms with Crippen LogP contribution in [0.25, 0.3) is 5.69 Å². The molecule has 0 fully saturated rings.